The Bertz CT molecular complexity index is 954. The monoisotopic (exact) mass is 351 g/mol. The summed E-state index contributed by atoms with van der Waals surface area (Å²) >= 11 is 0. The Balaban J connectivity index is 1.65. The van der Waals surface area contributed by atoms with Crippen molar-refractivity contribution in [1.82, 2.24) is 4.57 Å². The van der Waals surface area contributed by atoms with E-state index in [1.165, 1.54) is 12.1 Å². The van der Waals surface area contributed by atoms with Crippen LogP contribution in [0.5, 0.6) is 0 Å². The number of carbonyl (C=O) groups excluding carboxylic acids is 1. The molecule has 0 bridgehead atoms. The Morgan fingerprint density at radius 3 is 2.44 bits per heavy atom. The van der Waals surface area contributed by atoms with Gasteiger partial charge in [-0.05, 0) is 29.8 Å². The number of hydrogen-bond donors (Lipinski definition) is 0. The van der Waals surface area contributed by atoms with Crippen LogP contribution < -0.4 is 5.76 Å². The highest BCUT2D eigenvalue weighted by atomic mass is 19.4. The molecule has 0 unspecified atom stereocenters. The van der Waals surface area contributed by atoms with Crippen molar-refractivity contribution in [3.63, 3.8) is 0 Å². The first-order valence-corrected chi connectivity index (χ1v) is 7.25. The zero-order valence-corrected chi connectivity index (χ0v) is 12.7. The molecule has 3 rings (SSSR count). The molecule has 0 N–H and O–H groups in total. The maximum Gasteiger partial charge on any atom is 0.420 e. The lowest BCUT2D eigenvalue weighted by Gasteiger charge is -2.08. The van der Waals surface area contributed by atoms with Gasteiger partial charge in [0.25, 0.3) is 0 Å². The number of fused-ring (bicyclic) bond motifs is 1. The van der Waals surface area contributed by atoms with Gasteiger partial charge in [-0.3, -0.25) is 9.36 Å². The molecule has 8 heteroatoms. The second-order valence-corrected chi connectivity index (χ2v) is 5.28. The molecule has 0 saturated carbocycles. The average molecular weight is 351 g/mol. The van der Waals surface area contributed by atoms with Gasteiger partial charge in [-0.15, -0.1) is 0 Å². The number of oxazole rings is 1. The number of para-hydroxylation sites is 2. The lowest BCUT2D eigenvalue weighted by molar-refractivity contribution is -0.145. The first-order valence-electron chi connectivity index (χ1n) is 7.25. The normalized spacial score (nSPS) is 11.6. The van der Waals surface area contributed by atoms with Gasteiger partial charge < -0.3 is 9.15 Å². The molecule has 0 spiro atoms. The summed E-state index contributed by atoms with van der Waals surface area (Å²) in [4.78, 5) is 23.7. The van der Waals surface area contributed by atoms with Crippen LogP contribution in [0, 0.1) is 0 Å². The fraction of sp³-hybridized carbons (Fsp3) is 0.176. The molecule has 1 heterocycles. The minimum absolute atomic E-state index is 0.193. The van der Waals surface area contributed by atoms with Crippen molar-refractivity contribution in [2.45, 2.75) is 19.3 Å². The standard InChI is InChI=1S/C17H12F3NO4/c18-17(19,20)12-7-5-11(6-8-12)10-24-15(22)9-21-13-3-1-2-4-14(13)25-16(21)23/h1-8H,9-10H2. The van der Waals surface area contributed by atoms with E-state index < -0.39 is 23.5 Å². The first kappa shape index (κ1) is 16.8. The molecule has 0 radical (unpaired) electrons. The van der Waals surface area contributed by atoms with E-state index >= 15 is 0 Å². The summed E-state index contributed by atoms with van der Waals surface area (Å²) in [5.74, 6) is -1.39. The van der Waals surface area contributed by atoms with Crippen molar-refractivity contribution >= 4 is 17.1 Å². The quantitative estimate of drug-likeness (QED) is 0.676. The molecule has 3 aromatic rings. The summed E-state index contributed by atoms with van der Waals surface area (Å²) in [6.07, 6.45) is -4.42. The molecule has 0 aliphatic heterocycles. The van der Waals surface area contributed by atoms with Crippen LogP contribution >= 0.6 is 0 Å². The van der Waals surface area contributed by atoms with Crippen molar-refractivity contribution in [2.75, 3.05) is 0 Å². The van der Waals surface area contributed by atoms with E-state index in [2.05, 4.69) is 0 Å². The van der Waals surface area contributed by atoms with E-state index in [-0.39, 0.29) is 13.2 Å². The Morgan fingerprint density at radius 2 is 1.76 bits per heavy atom. The Hall–Kier alpha value is -3.03. The largest absolute Gasteiger partial charge is 0.459 e. The number of nitrogens with zero attached hydrogens (tertiary/aromatic N) is 1. The van der Waals surface area contributed by atoms with Crippen molar-refractivity contribution in [2.24, 2.45) is 0 Å². The van der Waals surface area contributed by atoms with Crippen LogP contribution in [0.15, 0.2) is 57.7 Å². The number of ether oxygens (including phenoxy) is 1. The molecule has 1 aromatic heterocycles. The van der Waals surface area contributed by atoms with Crippen LogP contribution in [0.25, 0.3) is 11.1 Å². The summed E-state index contributed by atoms with van der Waals surface area (Å²) in [5.41, 5.74) is 0.437. The van der Waals surface area contributed by atoms with Gasteiger partial charge in [-0.1, -0.05) is 24.3 Å². The molecule has 0 fully saturated rings. The Labute approximate surface area is 139 Å². The molecular formula is C17H12F3NO4. The Morgan fingerprint density at radius 1 is 1.08 bits per heavy atom. The topological polar surface area (TPSA) is 61.4 Å². The minimum atomic E-state index is -4.42. The van der Waals surface area contributed by atoms with E-state index in [9.17, 15) is 22.8 Å². The second-order valence-electron chi connectivity index (χ2n) is 5.28. The van der Waals surface area contributed by atoms with Crippen molar-refractivity contribution in [1.29, 1.82) is 0 Å². The minimum Gasteiger partial charge on any atom is -0.459 e. The van der Waals surface area contributed by atoms with E-state index in [1.807, 2.05) is 0 Å². The van der Waals surface area contributed by atoms with Gasteiger partial charge in [-0.2, -0.15) is 13.2 Å². The Kier molecular flexibility index (Phi) is 4.35. The number of carbonyl (C=O) groups is 1. The fourth-order valence-electron chi connectivity index (χ4n) is 2.29. The molecule has 2 aromatic carbocycles. The lowest BCUT2D eigenvalue weighted by atomic mass is 10.1. The van der Waals surface area contributed by atoms with Gasteiger partial charge in [0.2, 0.25) is 0 Å². The zero-order chi connectivity index (χ0) is 18.0. The van der Waals surface area contributed by atoms with Crippen LogP contribution in [0.2, 0.25) is 0 Å². The molecule has 0 atom stereocenters. The number of benzene rings is 2. The number of esters is 1. The summed E-state index contributed by atoms with van der Waals surface area (Å²) in [6.45, 7) is -0.544. The van der Waals surface area contributed by atoms with Gasteiger partial charge in [0.05, 0.1) is 11.1 Å². The van der Waals surface area contributed by atoms with Gasteiger partial charge in [0.1, 0.15) is 13.2 Å². The van der Waals surface area contributed by atoms with E-state index in [0.29, 0.717) is 16.7 Å². The molecule has 0 aliphatic carbocycles. The van der Waals surface area contributed by atoms with E-state index in [0.717, 1.165) is 16.7 Å². The maximum atomic E-state index is 12.5. The van der Waals surface area contributed by atoms with Crippen LogP contribution in [-0.2, 0) is 28.9 Å². The highest BCUT2D eigenvalue weighted by molar-refractivity contribution is 5.76. The summed E-state index contributed by atoms with van der Waals surface area (Å²) in [7, 11) is 0. The zero-order valence-electron chi connectivity index (χ0n) is 12.7. The van der Waals surface area contributed by atoms with Crippen molar-refractivity contribution < 1.29 is 27.1 Å². The van der Waals surface area contributed by atoms with Gasteiger partial charge in [-0.25, -0.2) is 4.79 Å². The SMILES string of the molecule is O=C(Cn1c(=O)oc2ccccc21)OCc1ccc(C(F)(F)F)cc1. The van der Waals surface area contributed by atoms with E-state index in [4.69, 9.17) is 9.15 Å². The van der Waals surface area contributed by atoms with E-state index in [1.54, 1.807) is 24.3 Å². The number of hydrogen-bond acceptors (Lipinski definition) is 4. The average Bonchev–Trinajstić information content (AvgIpc) is 2.88. The smallest absolute Gasteiger partial charge is 0.420 e. The van der Waals surface area contributed by atoms with Crippen LogP contribution in [0.4, 0.5) is 13.2 Å². The maximum absolute atomic E-state index is 12.5. The van der Waals surface area contributed by atoms with Gasteiger partial charge >= 0.3 is 17.9 Å². The predicted octanol–water partition coefficient (Wildman–Crippen LogP) is 3.36. The number of aromatic nitrogens is 1. The van der Waals surface area contributed by atoms with Gasteiger partial charge in [0, 0.05) is 0 Å². The van der Waals surface area contributed by atoms with Crippen LogP contribution in [-0.4, -0.2) is 10.5 Å². The third-order valence-electron chi connectivity index (χ3n) is 3.54. The van der Waals surface area contributed by atoms with Crippen molar-refractivity contribution in [3.8, 4) is 0 Å². The number of halogens is 3. The van der Waals surface area contributed by atoms with Crippen molar-refractivity contribution in [3.05, 3.63) is 70.2 Å². The highest BCUT2D eigenvalue weighted by Crippen LogP contribution is 2.29. The summed E-state index contributed by atoms with van der Waals surface area (Å²) < 4.78 is 48.6. The summed E-state index contributed by atoms with van der Waals surface area (Å²) in [5, 5.41) is 0. The lowest BCUT2D eigenvalue weighted by Crippen LogP contribution is -2.21. The first-order chi connectivity index (χ1) is 11.8. The third kappa shape index (κ3) is 3.73. The summed E-state index contributed by atoms with van der Waals surface area (Å²) in [6, 6.07) is 10.9. The van der Waals surface area contributed by atoms with Crippen LogP contribution in [0.1, 0.15) is 11.1 Å². The molecule has 0 amide bonds. The predicted molar refractivity (Wildman–Crippen MR) is 81.7 cm³/mol. The fourth-order valence-corrected chi connectivity index (χ4v) is 2.29. The molecule has 5 nitrogen and oxygen atoms in total. The molecule has 0 saturated heterocycles. The van der Waals surface area contributed by atoms with Gasteiger partial charge in [0.15, 0.2) is 5.58 Å². The molecular weight excluding hydrogens is 339 g/mol. The third-order valence-corrected chi connectivity index (χ3v) is 3.54. The highest BCUT2D eigenvalue weighted by Gasteiger charge is 2.29. The molecule has 25 heavy (non-hydrogen) atoms. The second kappa shape index (κ2) is 6.46. The molecule has 130 valence electrons. The number of rotatable bonds is 4. The number of alkyl halides is 3. The molecule has 0 aliphatic rings. The van der Waals surface area contributed by atoms with Crippen LogP contribution in [0.3, 0.4) is 0 Å².